The lowest BCUT2D eigenvalue weighted by Gasteiger charge is -2.15. The average molecular weight is 318 g/mol. The number of hydrogen-bond donors (Lipinski definition) is 0. The second-order valence-corrected chi connectivity index (χ2v) is 6.69. The van der Waals surface area contributed by atoms with Crippen LogP contribution >= 0.6 is 11.6 Å². The summed E-state index contributed by atoms with van der Waals surface area (Å²) in [5, 5.41) is 0. The molecule has 0 N–H and O–H groups in total. The minimum atomic E-state index is -4.24. The van der Waals surface area contributed by atoms with Crippen LogP contribution in [0.5, 0.6) is 0 Å². The van der Waals surface area contributed by atoms with Gasteiger partial charge in [-0.15, -0.1) is 11.6 Å². The van der Waals surface area contributed by atoms with E-state index in [2.05, 4.69) is 4.90 Å². The van der Waals surface area contributed by atoms with E-state index in [0.717, 1.165) is 44.5 Å². The maximum atomic E-state index is 12.6. The number of nitrogens with zero attached hydrogens (tertiary/aromatic N) is 1. The third-order valence-corrected chi connectivity index (χ3v) is 5.17. The Balaban J connectivity index is 1.63. The number of likely N-dealkylation sites (tertiary alicyclic amines) is 1. The average Bonchev–Trinajstić information content (AvgIpc) is 2.99. The van der Waals surface area contributed by atoms with Gasteiger partial charge >= 0.3 is 6.18 Å². The van der Waals surface area contributed by atoms with Gasteiger partial charge in [-0.2, -0.15) is 13.2 Å². The minimum Gasteiger partial charge on any atom is -0.303 e. The Morgan fingerprint density at radius 3 is 2.57 bits per heavy atom. The molecule has 3 rings (SSSR count). The molecule has 1 unspecified atom stereocenters. The monoisotopic (exact) mass is 317 g/mol. The van der Waals surface area contributed by atoms with Gasteiger partial charge < -0.3 is 4.90 Å². The summed E-state index contributed by atoms with van der Waals surface area (Å²) in [5.74, 6) is 1.12. The highest BCUT2D eigenvalue weighted by Gasteiger charge is 2.57. The van der Waals surface area contributed by atoms with Crippen LogP contribution in [0.4, 0.5) is 13.2 Å². The zero-order chi connectivity index (χ0) is 15.1. The van der Waals surface area contributed by atoms with Crippen LogP contribution in [0.25, 0.3) is 0 Å². The highest BCUT2D eigenvalue weighted by molar-refractivity contribution is 6.17. The maximum absolute atomic E-state index is 12.6. The summed E-state index contributed by atoms with van der Waals surface area (Å²) >= 11 is 5.72. The first-order valence-corrected chi connectivity index (χ1v) is 7.94. The van der Waals surface area contributed by atoms with Crippen molar-refractivity contribution in [2.45, 2.75) is 31.4 Å². The third kappa shape index (κ3) is 3.07. The van der Waals surface area contributed by atoms with Crippen molar-refractivity contribution in [3.63, 3.8) is 0 Å². The quantitative estimate of drug-likeness (QED) is 0.738. The Hall–Kier alpha value is -0.740. The second kappa shape index (κ2) is 5.47. The van der Waals surface area contributed by atoms with Crippen molar-refractivity contribution in [2.75, 3.05) is 25.5 Å². The summed E-state index contributed by atoms with van der Waals surface area (Å²) in [5.41, 5.74) is 0.810. The summed E-state index contributed by atoms with van der Waals surface area (Å²) < 4.78 is 37.7. The SMILES string of the molecule is FC(F)(F)c1ccc(C2C[C@@]23CCN(CCCCl)C3)cc1. The molecule has 1 aliphatic heterocycles. The smallest absolute Gasteiger partial charge is 0.303 e. The number of rotatable bonds is 4. The summed E-state index contributed by atoms with van der Waals surface area (Å²) in [6.45, 7) is 3.19. The summed E-state index contributed by atoms with van der Waals surface area (Å²) in [6, 6.07) is 5.73. The van der Waals surface area contributed by atoms with E-state index in [4.69, 9.17) is 11.6 Å². The largest absolute Gasteiger partial charge is 0.416 e. The molecule has 5 heteroatoms. The first kappa shape index (κ1) is 15.2. The molecule has 2 atom stereocenters. The molecular formula is C16H19ClF3N. The van der Waals surface area contributed by atoms with Crippen LogP contribution in [0.3, 0.4) is 0 Å². The van der Waals surface area contributed by atoms with E-state index in [1.807, 2.05) is 0 Å². The van der Waals surface area contributed by atoms with Crippen LogP contribution < -0.4 is 0 Å². The predicted octanol–water partition coefficient (Wildman–Crippen LogP) is 4.51. The molecule has 1 saturated heterocycles. The standard InChI is InChI=1S/C16H19ClF3N/c17-7-1-8-21-9-6-15(11-21)10-14(15)12-2-4-13(5-3-12)16(18,19)20/h2-5,14H,1,6-11H2/t14?,15-/m1/s1. The van der Waals surface area contributed by atoms with Gasteiger partial charge in [0.2, 0.25) is 0 Å². The molecule has 1 aromatic carbocycles. The highest BCUT2D eigenvalue weighted by Crippen LogP contribution is 2.64. The molecule has 1 aliphatic carbocycles. The van der Waals surface area contributed by atoms with Gasteiger partial charge in [-0.1, -0.05) is 12.1 Å². The Morgan fingerprint density at radius 1 is 1.24 bits per heavy atom. The molecule has 1 nitrogen and oxygen atoms in total. The number of benzene rings is 1. The number of hydrogen-bond acceptors (Lipinski definition) is 1. The van der Waals surface area contributed by atoms with Crippen molar-refractivity contribution in [2.24, 2.45) is 5.41 Å². The lowest BCUT2D eigenvalue weighted by atomic mass is 9.97. The molecule has 1 aromatic rings. The second-order valence-electron chi connectivity index (χ2n) is 6.31. The fourth-order valence-corrected chi connectivity index (χ4v) is 3.75. The molecule has 1 spiro atoms. The first-order valence-electron chi connectivity index (χ1n) is 7.40. The molecule has 1 heterocycles. The van der Waals surface area contributed by atoms with Gasteiger partial charge in [0.15, 0.2) is 0 Å². The van der Waals surface area contributed by atoms with Crippen LogP contribution in [0, 0.1) is 5.41 Å². The Bertz CT molecular complexity index is 499. The summed E-state index contributed by atoms with van der Waals surface area (Å²) in [7, 11) is 0. The van der Waals surface area contributed by atoms with E-state index in [-0.39, 0.29) is 0 Å². The third-order valence-electron chi connectivity index (χ3n) is 4.90. The van der Waals surface area contributed by atoms with E-state index in [9.17, 15) is 13.2 Å². The van der Waals surface area contributed by atoms with Crippen molar-refractivity contribution in [1.82, 2.24) is 4.90 Å². The number of halogens is 4. The van der Waals surface area contributed by atoms with Gasteiger partial charge in [0.25, 0.3) is 0 Å². The minimum absolute atomic E-state index is 0.312. The molecule has 21 heavy (non-hydrogen) atoms. The lowest BCUT2D eigenvalue weighted by Crippen LogP contribution is -2.22. The molecule has 2 fully saturated rings. The molecule has 0 radical (unpaired) electrons. The summed E-state index contributed by atoms with van der Waals surface area (Å²) in [4.78, 5) is 2.44. The van der Waals surface area contributed by atoms with E-state index in [1.54, 1.807) is 12.1 Å². The van der Waals surface area contributed by atoms with Crippen molar-refractivity contribution in [1.29, 1.82) is 0 Å². The molecule has 1 saturated carbocycles. The fraction of sp³-hybridized carbons (Fsp3) is 0.625. The van der Waals surface area contributed by atoms with Crippen molar-refractivity contribution >= 4 is 11.6 Å². The molecular weight excluding hydrogens is 299 g/mol. The molecule has 0 aromatic heterocycles. The van der Waals surface area contributed by atoms with Crippen LogP contribution in [0.2, 0.25) is 0 Å². The van der Waals surface area contributed by atoms with Crippen molar-refractivity contribution in [3.05, 3.63) is 35.4 Å². The molecule has 0 bridgehead atoms. The Labute approximate surface area is 128 Å². The van der Waals surface area contributed by atoms with Crippen molar-refractivity contribution in [3.8, 4) is 0 Å². The normalized spacial score (nSPS) is 29.2. The first-order chi connectivity index (χ1) is 9.94. The van der Waals surface area contributed by atoms with E-state index in [1.165, 1.54) is 12.1 Å². The van der Waals surface area contributed by atoms with E-state index < -0.39 is 11.7 Å². The van der Waals surface area contributed by atoms with E-state index >= 15 is 0 Å². The Kier molecular flexibility index (Phi) is 3.95. The van der Waals surface area contributed by atoms with Crippen LogP contribution in [0.1, 0.15) is 36.3 Å². The lowest BCUT2D eigenvalue weighted by molar-refractivity contribution is -0.137. The van der Waals surface area contributed by atoms with Crippen LogP contribution in [-0.4, -0.2) is 30.4 Å². The van der Waals surface area contributed by atoms with Gasteiger partial charge in [0.05, 0.1) is 5.56 Å². The van der Waals surface area contributed by atoms with Gasteiger partial charge in [0, 0.05) is 12.4 Å². The molecule has 0 amide bonds. The van der Waals surface area contributed by atoms with Gasteiger partial charge in [-0.25, -0.2) is 0 Å². The maximum Gasteiger partial charge on any atom is 0.416 e. The Morgan fingerprint density at radius 2 is 1.95 bits per heavy atom. The molecule has 116 valence electrons. The molecule has 2 aliphatic rings. The van der Waals surface area contributed by atoms with E-state index in [0.29, 0.717) is 17.2 Å². The van der Waals surface area contributed by atoms with Gasteiger partial charge in [-0.3, -0.25) is 0 Å². The zero-order valence-corrected chi connectivity index (χ0v) is 12.6. The van der Waals surface area contributed by atoms with Crippen LogP contribution in [-0.2, 0) is 6.18 Å². The highest BCUT2D eigenvalue weighted by atomic mass is 35.5. The fourth-order valence-electron chi connectivity index (χ4n) is 3.63. The van der Waals surface area contributed by atoms with Gasteiger partial charge in [-0.05, 0) is 61.4 Å². The predicted molar refractivity (Wildman–Crippen MR) is 77.6 cm³/mol. The van der Waals surface area contributed by atoms with Crippen LogP contribution in [0.15, 0.2) is 24.3 Å². The summed E-state index contributed by atoms with van der Waals surface area (Å²) in [6.07, 6.45) is -0.981. The zero-order valence-electron chi connectivity index (χ0n) is 11.8. The number of alkyl halides is 4. The van der Waals surface area contributed by atoms with Gasteiger partial charge in [0.1, 0.15) is 0 Å². The van der Waals surface area contributed by atoms with Crippen molar-refractivity contribution < 1.29 is 13.2 Å². The topological polar surface area (TPSA) is 3.24 Å².